The maximum Gasteiger partial charge on any atom is 0.276 e. The molecule has 4 aliphatic rings. The molecule has 5 rings (SSSR count). The average Bonchev–Trinajstić information content (AvgIpc) is 2.52. The first kappa shape index (κ1) is 15.6. The number of Topliss-reactive ketones (excluding diaryl/α,β-unsaturated/α-hetero) is 1. The average molecular weight is 329 g/mol. The second-order valence-corrected chi connectivity index (χ2v) is 8.07. The number of nitro benzene ring substituents is 1. The zero-order valence-corrected chi connectivity index (χ0v) is 14.0. The van der Waals surface area contributed by atoms with Crippen LogP contribution in [0.2, 0.25) is 0 Å². The Morgan fingerprint density at radius 3 is 2.33 bits per heavy atom. The Labute approximate surface area is 141 Å². The summed E-state index contributed by atoms with van der Waals surface area (Å²) in [6.07, 6.45) is 6.98. The fourth-order valence-electron chi connectivity index (χ4n) is 5.71. The molecule has 0 aromatic heterocycles. The third-order valence-corrected chi connectivity index (χ3v) is 6.44. The third-order valence-electron chi connectivity index (χ3n) is 6.44. The van der Waals surface area contributed by atoms with Crippen LogP contribution in [-0.2, 0) is 4.79 Å². The lowest BCUT2D eigenvalue weighted by atomic mass is 9.48. The lowest BCUT2D eigenvalue weighted by Gasteiger charge is -2.55. The van der Waals surface area contributed by atoms with Crippen molar-refractivity contribution in [3.63, 3.8) is 0 Å². The van der Waals surface area contributed by atoms with Gasteiger partial charge in [-0.2, -0.15) is 0 Å². The molecular formula is C19H23NO4. The predicted octanol–water partition coefficient (Wildman–Crippen LogP) is 4.07. The molecule has 0 aliphatic heterocycles. The van der Waals surface area contributed by atoms with Crippen molar-refractivity contribution < 1.29 is 14.5 Å². The molecule has 5 nitrogen and oxygen atoms in total. The van der Waals surface area contributed by atoms with E-state index in [9.17, 15) is 14.9 Å². The van der Waals surface area contributed by atoms with Gasteiger partial charge in [0.1, 0.15) is 12.4 Å². The van der Waals surface area contributed by atoms with Crippen LogP contribution in [0.25, 0.3) is 0 Å². The van der Waals surface area contributed by atoms with E-state index >= 15 is 0 Å². The molecule has 0 amide bonds. The monoisotopic (exact) mass is 329 g/mol. The van der Waals surface area contributed by atoms with E-state index in [1.165, 1.54) is 25.3 Å². The zero-order chi connectivity index (χ0) is 16.9. The van der Waals surface area contributed by atoms with Crippen LogP contribution < -0.4 is 4.74 Å². The lowest BCUT2D eigenvalue weighted by Crippen LogP contribution is -2.51. The van der Waals surface area contributed by atoms with Gasteiger partial charge >= 0.3 is 0 Å². The summed E-state index contributed by atoms with van der Waals surface area (Å²) in [7, 11) is 0. The highest BCUT2D eigenvalue weighted by atomic mass is 16.6. The van der Waals surface area contributed by atoms with Gasteiger partial charge in [-0.15, -0.1) is 0 Å². The van der Waals surface area contributed by atoms with Crippen molar-refractivity contribution in [2.45, 2.75) is 45.4 Å². The second-order valence-electron chi connectivity index (χ2n) is 8.07. The Hall–Kier alpha value is -1.91. The number of carbonyl (C=O) groups excluding carboxylic acids is 1. The van der Waals surface area contributed by atoms with Crippen molar-refractivity contribution in [1.29, 1.82) is 0 Å². The first-order valence-electron chi connectivity index (χ1n) is 8.87. The minimum atomic E-state index is -0.414. The molecule has 1 aromatic carbocycles. The molecule has 128 valence electrons. The van der Waals surface area contributed by atoms with Crippen LogP contribution in [0.15, 0.2) is 18.2 Å². The van der Waals surface area contributed by atoms with Crippen molar-refractivity contribution in [2.75, 3.05) is 6.61 Å². The van der Waals surface area contributed by atoms with Crippen LogP contribution in [0.5, 0.6) is 5.75 Å². The maximum atomic E-state index is 12.9. The van der Waals surface area contributed by atoms with E-state index in [1.54, 1.807) is 19.1 Å². The minimum Gasteiger partial charge on any atom is -0.485 e. The van der Waals surface area contributed by atoms with Gasteiger partial charge in [0.25, 0.3) is 5.69 Å². The number of ether oxygens (including phenoxy) is 1. The minimum absolute atomic E-state index is 0.0359. The molecule has 0 N–H and O–H groups in total. The van der Waals surface area contributed by atoms with Crippen molar-refractivity contribution >= 4 is 11.5 Å². The molecule has 4 fully saturated rings. The Morgan fingerprint density at radius 2 is 1.79 bits per heavy atom. The fourth-order valence-corrected chi connectivity index (χ4v) is 5.71. The maximum absolute atomic E-state index is 12.9. The number of nitro groups is 1. The van der Waals surface area contributed by atoms with Gasteiger partial charge in [0, 0.05) is 11.5 Å². The summed E-state index contributed by atoms with van der Waals surface area (Å²) >= 11 is 0. The molecular weight excluding hydrogens is 306 g/mol. The fraction of sp³-hybridized carbons (Fsp3) is 0.632. The van der Waals surface area contributed by atoms with Gasteiger partial charge in [0.2, 0.25) is 0 Å². The van der Waals surface area contributed by atoms with Crippen molar-refractivity contribution in [2.24, 2.45) is 23.2 Å². The molecule has 24 heavy (non-hydrogen) atoms. The van der Waals surface area contributed by atoms with Crippen LogP contribution in [0.1, 0.15) is 44.1 Å². The molecule has 5 heteroatoms. The van der Waals surface area contributed by atoms with Gasteiger partial charge in [-0.05, 0) is 69.3 Å². The van der Waals surface area contributed by atoms with Gasteiger partial charge < -0.3 is 4.74 Å². The smallest absolute Gasteiger partial charge is 0.276 e. The lowest BCUT2D eigenvalue weighted by molar-refractivity contribution is -0.385. The summed E-state index contributed by atoms with van der Waals surface area (Å²) < 4.78 is 5.72. The topological polar surface area (TPSA) is 69.4 Å². The highest BCUT2D eigenvalue weighted by Gasteiger charge is 2.54. The number of rotatable bonds is 5. The summed E-state index contributed by atoms with van der Waals surface area (Å²) in [6.45, 7) is 1.71. The quantitative estimate of drug-likeness (QED) is 0.603. The number of ketones is 1. The van der Waals surface area contributed by atoms with Gasteiger partial charge in [-0.25, -0.2) is 0 Å². The Bertz CT molecular complexity index is 661. The Morgan fingerprint density at radius 1 is 1.21 bits per heavy atom. The largest absolute Gasteiger partial charge is 0.485 e. The number of hydrogen-bond donors (Lipinski definition) is 0. The first-order chi connectivity index (χ1) is 11.5. The molecule has 1 aromatic rings. The van der Waals surface area contributed by atoms with E-state index < -0.39 is 4.92 Å². The van der Waals surface area contributed by atoms with Gasteiger partial charge in [0.15, 0.2) is 5.78 Å². The highest BCUT2D eigenvalue weighted by molar-refractivity contribution is 5.86. The van der Waals surface area contributed by atoms with E-state index in [1.807, 2.05) is 0 Å². The summed E-state index contributed by atoms with van der Waals surface area (Å²) in [5.74, 6) is 2.81. The predicted molar refractivity (Wildman–Crippen MR) is 88.9 cm³/mol. The summed E-state index contributed by atoms with van der Waals surface area (Å²) in [5, 5.41) is 11.0. The number of nitrogens with zero attached hydrogens (tertiary/aromatic N) is 1. The van der Waals surface area contributed by atoms with E-state index in [-0.39, 0.29) is 23.5 Å². The molecule has 0 atom stereocenters. The zero-order valence-electron chi connectivity index (χ0n) is 14.0. The van der Waals surface area contributed by atoms with E-state index in [0.29, 0.717) is 11.3 Å². The van der Waals surface area contributed by atoms with Crippen LogP contribution in [0, 0.1) is 40.2 Å². The van der Waals surface area contributed by atoms with Gasteiger partial charge in [-0.1, -0.05) is 6.07 Å². The molecule has 0 saturated heterocycles. The SMILES string of the molecule is Cc1c(OCC(=O)C23CC4CC(CC(C4)C2)C3)cccc1[N+](=O)[O-]. The van der Waals surface area contributed by atoms with Gasteiger partial charge in [-0.3, -0.25) is 14.9 Å². The van der Waals surface area contributed by atoms with Gasteiger partial charge in [0.05, 0.1) is 10.5 Å². The summed E-state index contributed by atoms with van der Waals surface area (Å²) in [6, 6.07) is 4.77. The van der Waals surface area contributed by atoms with Crippen molar-refractivity contribution in [3.05, 3.63) is 33.9 Å². The summed E-state index contributed by atoms with van der Waals surface area (Å²) in [5.41, 5.74) is 0.346. The second kappa shape index (κ2) is 5.57. The van der Waals surface area contributed by atoms with E-state index in [0.717, 1.165) is 37.0 Å². The van der Waals surface area contributed by atoms with E-state index in [4.69, 9.17) is 4.74 Å². The number of benzene rings is 1. The molecule has 0 radical (unpaired) electrons. The Kier molecular flexibility index (Phi) is 3.62. The molecule has 4 saturated carbocycles. The third kappa shape index (κ3) is 2.50. The molecule has 0 spiro atoms. The normalized spacial score (nSPS) is 33.5. The Balaban J connectivity index is 1.48. The van der Waals surface area contributed by atoms with Crippen LogP contribution >= 0.6 is 0 Å². The first-order valence-corrected chi connectivity index (χ1v) is 8.87. The van der Waals surface area contributed by atoms with Crippen molar-refractivity contribution in [1.82, 2.24) is 0 Å². The van der Waals surface area contributed by atoms with Crippen LogP contribution in [0.4, 0.5) is 5.69 Å². The van der Waals surface area contributed by atoms with Crippen LogP contribution in [0.3, 0.4) is 0 Å². The number of carbonyl (C=O) groups is 1. The molecule has 0 unspecified atom stereocenters. The van der Waals surface area contributed by atoms with Crippen LogP contribution in [-0.4, -0.2) is 17.3 Å². The molecule has 4 bridgehead atoms. The number of hydrogen-bond acceptors (Lipinski definition) is 4. The van der Waals surface area contributed by atoms with Crippen molar-refractivity contribution in [3.8, 4) is 5.75 Å². The molecule has 4 aliphatic carbocycles. The molecule has 0 heterocycles. The standard InChI is InChI=1S/C19H23NO4/c1-12-16(20(22)23)3-2-4-17(12)24-11-18(21)19-8-13-5-14(9-19)7-15(6-13)10-19/h2-4,13-15H,5-11H2,1H3. The van der Waals surface area contributed by atoms with E-state index in [2.05, 4.69) is 0 Å². The highest BCUT2D eigenvalue weighted by Crippen LogP contribution is 2.60. The summed E-state index contributed by atoms with van der Waals surface area (Å²) in [4.78, 5) is 23.6.